The third-order valence-corrected chi connectivity index (χ3v) is 7.33. The second-order valence-electron chi connectivity index (χ2n) is 9.79. The fourth-order valence-electron chi connectivity index (χ4n) is 4.98. The smallest absolute Gasteiger partial charge is 0.352 e. The van der Waals surface area contributed by atoms with Gasteiger partial charge in [0.15, 0.2) is 5.11 Å². The normalized spacial score (nSPS) is 17.1. The highest BCUT2D eigenvalue weighted by Crippen LogP contribution is 2.40. The van der Waals surface area contributed by atoms with E-state index in [0.717, 1.165) is 40.3 Å². The molecule has 1 fully saturated rings. The van der Waals surface area contributed by atoms with E-state index in [1.54, 1.807) is 29.1 Å². The fraction of sp³-hybridized carbons (Fsp3) is 0.233. The van der Waals surface area contributed by atoms with Crippen LogP contribution in [-0.2, 0) is 11.0 Å². The lowest BCUT2D eigenvalue weighted by molar-refractivity contribution is -0.137. The van der Waals surface area contributed by atoms with Crippen molar-refractivity contribution in [3.63, 3.8) is 0 Å². The first-order chi connectivity index (χ1) is 19.1. The predicted octanol–water partition coefficient (Wildman–Crippen LogP) is 6.51. The van der Waals surface area contributed by atoms with Gasteiger partial charge in [-0.25, -0.2) is 0 Å². The van der Waals surface area contributed by atoms with Crippen molar-refractivity contribution < 1.29 is 18.0 Å². The van der Waals surface area contributed by atoms with Gasteiger partial charge in [-0.2, -0.15) is 13.2 Å². The molecule has 4 aromatic rings. The zero-order valence-electron chi connectivity index (χ0n) is 21.9. The zero-order valence-corrected chi connectivity index (χ0v) is 22.8. The van der Waals surface area contributed by atoms with Crippen molar-refractivity contribution in [2.45, 2.75) is 38.5 Å². The molecule has 1 aliphatic heterocycles. The quantitative estimate of drug-likeness (QED) is 0.251. The molecule has 6 nitrogen and oxygen atoms in total. The summed E-state index contributed by atoms with van der Waals surface area (Å²) >= 11 is 5.72. The summed E-state index contributed by atoms with van der Waals surface area (Å²) in [5, 5.41) is 6.76. The van der Waals surface area contributed by atoms with Gasteiger partial charge in [-0.3, -0.25) is 9.78 Å². The van der Waals surface area contributed by atoms with Crippen LogP contribution in [0, 0.1) is 13.8 Å². The highest BCUT2D eigenvalue weighted by atomic mass is 32.1. The predicted molar refractivity (Wildman–Crippen MR) is 152 cm³/mol. The molecule has 0 bridgehead atoms. The summed E-state index contributed by atoms with van der Waals surface area (Å²) in [5.41, 5.74) is 3.86. The van der Waals surface area contributed by atoms with Crippen molar-refractivity contribution in [1.29, 1.82) is 0 Å². The number of thiocarbonyl (C=S) groups is 1. The van der Waals surface area contributed by atoms with Gasteiger partial charge in [0, 0.05) is 42.4 Å². The minimum Gasteiger partial charge on any atom is -0.352 e. The molecular formula is C30H28F3N5OS. The van der Waals surface area contributed by atoms with Crippen molar-refractivity contribution in [2.24, 2.45) is 0 Å². The van der Waals surface area contributed by atoms with Gasteiger partial charge < -0.3 is 20.1 Å². The number of hydrogen-bond donors (Lipinski definition) is 2. The van der Waals surface area contributed by atoms with E-state index in [9.17, 15) is 18.0 Å². The largest absolute Gasteiger partial charge is 0.416 e. The minimum atomic E-state index is -4.47. The maximum absolute atomic E-state index is 13.5. The highest BCUT2D eigenvalue weighted by molar-refractivity contribution is 7.80. The number of nitrogens with zero attached hydrogens (tertiary/aromatic N) is 3. The third kappa shape index (κ3) is 5.72. The number of halogens is 3. The van der Waals surface area contributed by atoms with E-state index in [2.05, 4.69) is 15.6 Å². The molecule has 2 atom stereocenters. The molecule has 206 valence electrons. The molecule has 3 heterocycles. The lowest BCUT2D eigenvalue weighted by Gasteiger charge is -2.29. The van der Waals surface area contributed by atoms with Crippen LogP contribution < -0.4 is 10.6 Å². The average Bonchev–Trinajstić information content (AvgIpc) is 3.54. The Morgan fingerprint density at radius 1 is 1.05 bits per heavy atom. The Morgan fingerprint density at radius 2 is 1.88 bits per heavy atom. The number of carbonyl (C=O) groups is 1. The van der Waals surface area contributed by atoms with Gasteiger partial charge in [0.1, 0.15) is 0 Å². The lowest BCUT2D eigenvalue weighted by atomic mass is 10.0. The molecule has 40 heavy (non-hydrogen) atoms. The molecule has 2 N–H and O–H groups in total. The molecule has 0 radical (unpaired) electrons. The molecular weight excluding hydrogens is 535 g/mol. The molecule has 10 heteroatoms. The minimum absolute atomic E-state index is 0.158. The van der Waals surface area contributed by atoms with E-state index in [-0.39, 0.29) is 18.4 Å². The van der Waals surface area contributed by atoms with E-state index in [1.807, 2.05) is 61.2 Å². The Kier molecular flexibility index (Phi) is 7.62. The van der Waals surface area contributed by atoms with Crippen LogP contribution in [0.2, 0.25) is 0 Å². The van der Waals surface area contributed by atoms with Gasteiger partial charge >= 0.3 is 6.18 Å². The summed E-state index contributed by atoms with van der Waals surface area (Å²) < 4.78 is 42.2. The van der Waals surface area contributed by atoms with Crippen molar-refractivity contribution >= 4 is 28.9 Å². The maximum Gasteiger partial charge on any atom is 0.416 e. The molecule has 2 aromatic carbocycles. The van der Waals surface area contributed by atoms with Crippen LogP contribution >= 0.6 is 12.2 Å². The van der Waals surface area contributed by atoms with E-state index in [4.69, 9.17) is 12.2 Å². The molecule has 2 aromatic heterocycles. The monoisotopic (exact) mass is 563 g/mol. The Bertz CT molecular complexity index is 1540. The van der Waals surface area contributed by atoms with Crippen LogP contribution in [0.4, 0.5) is 18.9 Å². The number of amides is 1. The number of hydrogen-bond acceptors (Lipinski definition) is 3. The van der Waals surface area contributed by atoms with E-state index >= 15 is 0 Å². The number of pyridine rings is 1. The Labute approximate surface area is 235 Å². The van der Waals surface area contributed by atoms with E-state index < -0.39 is 17.8 Å². The second-order valence-corrected chi connectivity index (χ2v) is 10.2. The molecule has 1 amide bonds. The highest BCUT2D eigenvalue weighted by Gasteiger charge is 2.41. The third-order valence-electron chi connectivity index (χ3n) is 6.98. The molecule has 0 aliphatic carbocycles. The SMILES string of the molecule is Cc1ccc(C)c(NC(=O)CCN2C(=S)N[C@H](c3ccccn3)[C@H]2c2cccn2-c2cccc(C(F)(F)F)c2)c1. The molecule has 1 aliphatic rings. The summed E-state index contributed by atoms with van der Waals surface area (Å²) in [6, 6.07) is 19.5. The van der Waals surface area contributed by atoms with Crippen molar-refractivity contribution in [2.75, 3.05) is 11.9 Å². The molecule has 1 saturated heterocycles. The number of alkyl halides is 3. The van der Waals surface area contributed by atoms with Gasteiger partial charge in [0.25, 0.3) is 0 Å². The topological polar surface area (TPSA) is 62.2 Å². The van der Waals surface area contributed by atoms with Crippen LogP contribution in [0.15, 0.2) is 85.2 Å². The number of rotatable bonds is 7. The average molecular weight is 564 g/mol. The Hall–Kier alpha value is -4.18. The Morgan fingerprint density at radius 3 is 2.62 bits per heavy atom. The zero-order chi connectivity index (χ0) is 28.4. The van der Waals surface area contributed by atoms with Gasteiger partial charge in [0.05, 0.1) is 23.3 Å². The summed E-state index contributed by atoms with van der Waals surface area (Å²) in [7, 11) is 0. The number of aromatic nitrogens is 2. The maximum atomic E-state index is 13.5. The second kappa shape index (κ2) is 11.1. The van der Waals surface area contributed by atoms with Gasteiger partial charge in [-0.05, 0) is 85.7 Å². The molecule has 0 saturated carbocycles. The van der Waals surface area contributed by atoms with Crippen molar-refractivity contribution in [3.8, 4) is 5.69 Å². The van der Waals surface area contributed by atoms with E-state index in [1.165, 1.54) is 6.07 Å². The standard InChI is InChI=1S/C30H28F3N5OS/c1-19-11-12-20(2)24(17-19)35-26(39)13-16-38-28(27(36-29(38)40)23-9-3-4-14-34-23)25-10-6-15-37(25)22-8-5-7-21(18-22)30(31,32)33/h3-12,14-15,17-18,27-28H,13,16H2,1-2H3,(H,35,39)(H,36,40)/t27-,28-/m1/s1. The number of aryl methyl sites for hydroxylation is 2. The Balaban J connectivity index is 1.46. The van der Waals surface area contributed by atoms with Crippen LogP contribution in [0.5, 0.6) is 0 Å². The summed E-state index contributed by atoms with van der Waals surface area (Å²) in [5.74, 6) is -0.162. The number of nitrogens with one attached hydrogen (secondary N) is 2. The van der Waals surface area contributed by atoms with Gasteiger partial charge in [-0.15, -0.1) is 0 Å². The van der Waals surface area contributed by atoms with Crippen molar-refractivity contribution in [1.82, 2.24) is 19.8 Å². The fourth-order valence-corrected chi connectivity index (χ4v) is 5.31. The first kappa shape index (κ1) is 27.4. The molecule has 0 spiro atoms. The van der Waals surface area contributed by atoms with Crippen molar-refractivity contribution in [3.05, 3.63) is 113 Å². The van der Waals surface area contributed by atoms with Gasteiger partial charge in [-0.1, -0.05) is 24.3 Å². The summed E-state index contributed by atoms with van der Waals surface area (Å²) in [4.78, 5) is 19.4. The van der Waals surface area contributed by atoms with Crippen LogP contribution in [0.25, 0.3) is 5.69 Å². The number of benzene rings is 2. The number of anilines is 1. The van der Waals surface area contributed by atoms with Gasteiger partial charge in [0.2, 0.25) is 5.91 Å². The number of carbonyl (C=O) groups excluding carboxylic acids is 1. The van der Waals surface area contributed by atoms with Crippen LogP contribution in [-0.4, -0.2) is 32.0 Å². The van der Waals surface area contributed by atoms with E-state index in [0.29, 0.717) is 17.3 Å². The van der Waals surface area contributed by atoms with Crippen LogP contribution in [0.3, 0.4) is 0 Å². The van der Waals surface area contributed by atoms with Crippen LogP contribution in [0.1, 0.15) is 46.6 Å². The first-order valence-electron chi connectivity index (χ1n) is 12.8. The lowest BCUT2D eigenvalue weighted by Crippen LogP contribution is -2.33. The molecule has 5 rings (SSSR count). The molecule has 0 unspecified atom stereocenters. The summed E-state index contributed by atoms with van der Waals surface area (Å²) in [6.45, 7) is 4.19. The summed E-state index contributed by atoms with van der Waals surface area (Å²) in [6.07, 6.45) is -0.896. The first-order valence-corrected chi connectivity index (χ1v) is 13.2.